The summed E-state index contributed by atoms with van der Waals surface area (Å²) in [6, 6.07) is 0. The molecular formula is C8H20Cl2Si3. The van der Waals surface area contributed by atoms with Gasteiger partial charge in [-0.15, -0.1) is 23.2 Å². The molecule has 2 atom stereocenters. The van der Waals surface area contributed by atoms with E-state index >= 15 is 0 Å². The van der Waals surface area contributed by atoms with Gasteiger partial charge >= 0.3 is 0 Å². The molecule has 0 spiro atoms. The monoisotopic (exact) mass is 270 g/mol. The number of alkyl halides is 2. The summed E-state index contributed by atoms with van der Waals surface area (Å²) in [4.78, 5) is 0. The third-order valence-corrected chi connectivity index (χ3v) is 20.9. The summed E-state index contributed by atoms with van der Waals surface area (Å²) in [5.74, 6) is 0. The van der Waals surface area contributed by atoms with Crippen LogP contribution in [0.15, 0.2) is 0 Å². The van der Waals surface area contributed by atoms with Crippen LogP contribution in [-0.4, -0.2) is 34.9 Å². The molecule has 13 heavy (non-hydrogen) atoms. The topological polar surface area (TPSA) is 0 Å². The average molecular weight is 271 g/mol. The molecule has 0 bridgehead atoms. The molecular weight excluding hydrogens is 251 g/mol. The van der Waals surface area contributed by atoms with E-state index in [9.17, 15) is 0 Å². The van der Waals surface area contributed by atoms with Crippen LogP contribution in [0.25, 0.3) is 0 Å². The summed E-state index contributed by atoms with van der Waals surface area (Å²) in [5, 5.41) is 0. The second-order valence-electron chi connectivity index (χ2n) is 4.70. The van der Waals surface area contributed by atoms with E-state index < -0.39 is 8.07 Å². The van der Waals surface area contributed by atoms with Crippen LogP contribution in [0.2, 0.25) is 39.3 Å². The van der Waals surface area contributed by atoms with Crippen LogP contribution in [0.3, 0.4) is 0 Å². The third-order valence-electron chi connectivity index (χ3n) is 2.32. The molecule has 0 aliphatic rings. The first kappa shape index (κ1) is 14.2. The van der Waals surface area contributed by atoms with Crippen LogP contribution in [0.4, 0.5) is 0 Å². The molecule has 2 radical (unpaired) electrons. The molecule has 78 valence electrons. The zero-order valence-electron chi connectivity index (χ0n) is 9.41. The molecule has 0 amide bonds. The van der Waals surface area contributed by atoms with Crippen molar-refractivity contribution in [2.24, 2.45) is 0 Å². The summed E-state index contributed by atoms with van der Waals surface area (Å²) in [6.45, 7) is 13.9. The van der Waals surface area contributed by atoms with Crippen LogP contribution >= 0.6 is 23.2 Å². The number of halogens is 2. The lowest BCUT2D eigenvalue weighted by molar-refractivity contribution is 1.42. The second kappa shape index (κ2) is 5.35. The van der Waals surface area contributed by atoms with Crippen molar-refractivity contribution in [3.8, 4) is 0 Å². The van der Waals surface area contributed by atoms with Crippen LogP contribution in [0.1, 0.15) is 0 Å². The number of hydrogen-bond donors (Lipinski definition) is 0. The Morgan fingerprint density at radius 3 is 1.23 bits per heavy atom. The van der Waals surface area contributed by atoms with Gasteiger partial charge in [-0.25, -0.2) is 0 Å². The lowest BCUT2D eigenvalue weighted by Gasteiger charge is -2.36. The first-order valence-corrected chi connectivity index (χ1v) is 13.8. The Balaban J connectivity index is 4.54. The van der Waals surface area contributed by atoms with Crippen molar-refractivity contribution in [1.82, 2.24) is 0 Å². The van der Waals surface area contributed by atoms with Crippen molar-refractivity contribution < 1.29 is 0 Å². The molecule has 0 aliphatic carbocycles. The first-order valence-electron chi connectivity index (χ1n) is 4.59. The fourth-order valence-electron chi connectivity index (χ4n) is 1.62. The average Bonchev–Trinajstić information content (AvgIpc) is 2.01. The van der Waals surface area contributed by atoms with Crippen LogP contribution in [0, 0.1) is 0 Å². The van der Waals surface area contributed by atoms with Gasteiger partial charge in [0.15, 0.2) is 0 Å². The molecule has 0 aliphatic heterocycles. The largest absolute Gasteiger partial charge is 0.130 e. The molecule has 0 heterocycles. The Hall–Kier alpha value is 1.23. The minimum Gasteiger partial charge on any atom is -0.130 e. The second-order valence-corrected chi connectivity index (χ2v) is 18.5. The van der Waals surface area contributed by atoms with Gasteiger partial charge in [0, 0.05) is 9.25 Å². The summed E-state index contributed by atoms with van der Waals surface area (Å²) in [7, 11) is -2.19. The maximum absolute atomic E-state index is 6.49. The van der Waals surface area contributed by atoms with Gasteiger partial charge in [-0.1, -0.05) is 39.3 Å². The standard InChI is InChI=1S/C8H20Cl2Si3/c1-11(2)7(9)13(5,6)8(10)12(3)4/h7-8H,1-6H3. The van der Waals surface area contributed by atoms with Gasteiger partial charge in [-0.2, -0.15) is 0 Å². The van der Waals surface area contributed by atoms with Crippen molar-refractivity contribution >= 4 is 48.9 Å². The number of hydrogen-bond acceptors (Lipinski definition) is 0. The van der Waals surface area contributed by atoms with Crippen LogP contribution < -0.4 is 0 Å². The van der Waals surface area contributed by atoms with Gasteiger partial charge in [0.25, 0.3) is 0 Å². The molecule has 0 N–H and O–H groups in total. The summed E-state index contributed by atoms with van der Waals surface area (Å²) in [6.07, 6.45) is 0. The SMILES string of the molecule is C[Si](C)C(Cl)[Si](C)(C)C(Cl)[Si](C)C. The van der Waals surface area contributed by atoms with E-state index in [4.69, 9.17) is 23.2 Å². The van der Waals surface area contributed by atoms with Gasteiger partial charge in [-0.05, 0) is 0 Å². The van der Waals surface area contributed by atoms with Gasteiger partial charge in [0.1, 0.15) is 0 Å². The van der Waals surface area contributed by atoms with E-state index in [0.29, 0.717) is 9.25 Å². The van der Waals surface area contributed by atoms with Crippen molar-refractivity contribution in [2.45, 2.75) is 48.5 Å². The highest BCUT2D eigenvalue weighted by Crippen LogP contribution is 2.26. The van der Waals surface area contributed by atoms with E-state index in [2.05, 4.69) is 39.3 Å². The lowest BCUT2D eigenvalue weighted by Crippen LogP contribution is -2.56. The summed E-state index contributed by atoms with van der Waals surface area (Å²) in [5.41, 5.74) is 0. The Morgan fingerprint density at radius 2 is 1.08 bits per heavy atom. The maximum atomic E-state index is 6.49. The zero-order chi connectivity index (χ0) is 10.8. The molecule has 0 fully saturated rings. The highest BCUT2D eigenvalue weighted by Gasteiger charge is 2.40. The molecule has 0 saturated carbocycles. The minimum atomic E-state index is -1.41. The highest BCUT2D eigenvalue weighted by molar-refractivity contribution is 7.07. The van der Waals surface area contributed by atoms with E-state index in [1.807, 2.05) is 0 Å². The summed E-state index contributed by atoms with van der Waals surface area (Å²) < 4.78 is 0.805. The van der Waals surface area contributed by atoms with Crippen LogP contribution in [0.5, 0.6) is 0 Å². The van der Waals surface area contributed by atoms with E-state index in [0.717, 1.165) is 0 Å². The predicted molar refractivity (Wildman–Crippen MR) is 71.7 cm³/mol. The van der Waals surface area contributed by atoms with Gasteiger partial charge < -0.3 is 0 Å². The van der Waals surface area contributed by atoms with E-state index in [-0.39, 0.29) is 17.6 Å². The molecule has 0 aromatic rings. The van der Waals surface area contributed by atoms with E-state index in [1.165, 1.54) is 0 Å². The van der Waals surface area contributed by atoms with Crippen molar-refractivity contribution in [3.63, 3.8) is 0 Å². The van der Waals surface area contributed by atoms with Crippen LogP contribution in [-0.2, 0) is 0 Å². The zero-order valence-corrected chi connectivity index (χ0v) is 13.9. The predicted octanol–water partition coefficient (Wildman–Crippen LogP) is 3.58. The molecule has 5 heteroatoms. The quantitative estimate of drug-likeness (QED) is 0.541. The first-order chi connectivity index (χ1) is 5.71. The van der Waals surface area contributed by atoms with Gasteiger partial charge in [0.05, 0.1) is 25.7 Å². The fraction of sp³-hybridized carbons (Fsp3) is 1.00. The normalized spacial score (nSPS) is 18.0. The molecule has 0 saturated heterocycles. The molecule has 0 nitrogen and oxygen atoms in total. The molecule has 2 unspecified atom stereocenters. The summed E-state index contributed by atoms with van der Waals surface area (Å²) >= 11 is 13.0. The Kier molecular flexibility index (Phi) is 5.86. The van der Waals surface area contributed by atoms with Crippen molar-refractivity contribution in [1.29, 1.82) is 0 Å². The number of rotatable bonds is 4. The molecule has 0 aromatic carbocycles. The van der Waals surface area contributed by atoms with Crippen molar-refractivity contribution in [3.05, 3.63) is 0 Å². The third kappa shape index (κ3) is 3.70. The highest BCUT2D eigenvalue weighted by atomic mass is 35.5. The minimum absolute atomic E-state index is 0.388. The molecule has 0 aromatic heterocycles. The Bertz CT molecular complexity index is 143. The van der Waals surface area contributed by atoms with Gasteiger partial charge in [-0.3, -0.25) is 0 Å². The Morgan fingerprint density at radius 1 is 0.846 bits per heavy atom. The lowest BCUT2D eigenvalue weighted by atomic mass is 11.7. The smallest absolute Gasteiger partial charge is 0.0801 e. The molecule has 0 rings (SSSR count). The fourth-order valence-corrected chi connectivity index (χ4v) is 16.9. The van der Waals surface area contributed by atoms with E-state index in [1.54, 1.807) is 0 Å². The van der Waals surface area contributed by atoms with Crippen molar-refractivity contribution in [2.75, 3.05) is 0 Å². The Labute approximate surface area is 97.2 Å². The maximum Gasteiger partial charge on any atom is 0.0801 e. The van der Waals surface area contributed by atoms with Gasteiger partial charge in [0.2, 0.25) is 0 Å².